The van der Waals surface area contributed by atoms with Gasteiger partial charge in [-0.1, -0.05) is 33.6 Å². The van der Waals surface area contributed by atoms with Crippen LogP contribution in [0, 0.1) is 13.8 Å². The number of hydrogen-bond donors (Lipinski definition) is 0. The minimum absolute atomic E-state index is 0.107. The van der Waals surface area contributed by atoms with Crippen molar-refractivity contribution in [3.63, 3.8) is 0 Å². The van der Waals surface area contributed by atoms with Crippen LogP contribution < -0.4 is 9.64 Å². The number of aryl methyl sites for hydroxylation is 2. The average molecular weight is 459 g/mol. The predicted octanol–water partition coefficient (Wildman–Crippen LogP) is 5.60. The average Bonchev–Trinajstić information content (AvgIpc) is 3.10. The number of hydrogen-bond acceptors (Lipinski definition) is 5. The first-order valence-electron chi connectivity index (χ1n) is 8.59. The molecule has 5 nitrogen and oxygen atoms in total. The number of rotatable bonds is 6. The molecule has 144 valence electrons. The van der Waals surface area contributed by atoms with Gasteiger partial charge in [0.25, 0.3) is 0 Å². The number of benzene rings is 2. The molecule has 0 aliphatic rings. The van der Waals surface area contributed by atoms with Crippen LogP contribution in [0.1, 0.15) is 34.1 Å². The zero-order valence-corrected chi connectivity index (χ0v) is 18.1. The second-order valence-electron chi connectivity index (χ2n) is 6.35. The molecule has 0 fully saturated rings. The Morgan fingerprint density at radius 3 is 2.71 bits per heavy atom. The largest absolute Gasteiger partial charge is 0.487 e. The van der Waals surface area contributed by atoms with Crippen LogP contribution in [0.3, 0.4) is 0 Å². The molecular weight excluding hydrogens is 440 g/mol. The van der Waals surface area contributed by atoms with E-state index in [0.29, 0.717) is 22.1 Å². The maximum Gasteiger partial charge on any atom is 0.230 e. The van der Waals surface area contributed by atoms with Gasteiger partial charge in [-0.2, -0.15) is 0 Å². The minimum Gasteiger partial charge on any atom is -0.487 e. The van der Waals surface area contributed by atoms with Crippen LogP contribution in [0.5, 0.6) is 5.75 Å². The summed E-state index contributed by atoms with van der Waals surface area (Å²) in [6.07, 6.45) is 0.754. The molecule has 0 saturated heterocycles. The second-order valence-corrected chi connectivity index (χ2v) is 8.11. The summed E-state index contributed by atoms with van der Waals surface area (Å²) in [5, 5.41) is 2.44. The van der Waals surface area contributed by atoms with E-state index in [1.54, 1.807) is 17.0 Å². The van der Waals surface area contributed by atoms with Gasteiger partial charge in [0.2, 0.25) is 5.91 Å². The van der Waals surface area contributed by atoms with Gasteiger partial charge in [-0.15, -0.1) is 11.3 Å². The number of carbonyl (C=O) groups excluding carboxylic acids is 2. The minimum atomic E-state index is -0.107. The molecule has 28 heavy (non-hydrogen) atoms. The summed E-state index contributed by atoms with van der Waals surface area (Å²) in [5.41, 5.74) is 4.12. The highest BCUT2D eigenvalue weighted by Gasteiger charge is 2.20. The SMILES string of the molecule is CC(=O)N(c1nc(COc2ccc(Br)cc2C=O)cs1)c1ccc(C)cc1C. The van der Waals surface area contributed by atoms with Crippen molar-refractivity contribution in [2.24, 2.45) is 0 Å². The molecule has 2 aromatic carbocycles. The van der Waals surface area contributed by atoms with E-state index in [2.05, 4.69) is 20.9 Å². The van der Waals surface area contributed by atoms with E-state index >= 15 is 0 Å². The monoisotopic (exact) mass is 458 g/mol. The molecule has 1 amide bonds. The Bertz CT molecular complexity index is 1030. The van der Waals surface area contributed by atoms with Crippen LogP contribution in [0.4, 0.5) is 10.8 Å². The number of aldehydes is 1. The summed E-state index contributed by atoms with van der Waals surface area (Å²) in [7, 11) is 0. The molecule has 0 spiro atoms. The summed E-state index contributed by atoms with van der Waals surface area (Å²) in [6.45, 7) is 5.72. The zero-order chi connectivity index (χ0) is 20.3. The van der Waals surface area contributed by atoms with Crippen LogP contribution in [-0.2, 0) is 11.4 Å². The number of halogens is 1. The number of carbonyl (C=O) groups is 2. The highest BCUT2D eigenvalue weighted by atomic mass is 79.9. The fourth-order valence-corrected chi connectivity index (χ4v) is 4.07. The van der Waals surface area contributed by atoms with Gasteiger partial charge in [0.05, 0.1) is 16.9 Å². The topological polar surface area (TPSA) is 59.5 Å². The van der Waals surface area contributed by atoms with Gasteiger partial charge < -0.3 is 4.74 Å². The normalized spacial score (nSPS) is 10.6. The van der Waals surface area contributed by atoms with Gasteiger partial charge in [-0.05, 0) is 43.7 Å². The summed E-state index contributed by atoms with van der Waals surface area (Å²) in [4.78, 5) is 29.7. The second kappa shape index (κ2) is 8.67. The van der Waals surface area contributed by atoms with E-state index in [-0.39, 0.29) is 12.5 Å². The third kappa shape index (κ3) is 4.48. The van der Waals surface area contributed by atoms with Crippen molar-refractivity contribution in [1.29, 1.82) is 0 Å². The number of nitrogens with zero attached hydrogens (tertiary/aromatic N) is 2. The molecule has 0 atom stereocenters. The lowest BCUT2D eigenvalue weighted by atomic mass is 10.1. The van der Waals surface area contributed by atoms with Gasteiger partial charge in [0, 0.05) is 16.8 Å². The smallest absolute Gasteiger partial charge is 0.230 e. The first kappa shape index (κ1) is 20.2. The molecule has 1 heterocycles. The molecule has 0 bridgehead atoms. The maximum absolute atomic E-state index is 12.3. The van der Waals surface area contributed by atoms with Crippen molar-refractivity contribution in [2.75, 3.05) is 4.90 Å². The van der Waals surface area contributed by atoms with Crippen LogP contribution in [0.2, 0.25) is 0 Å². The van der Waals surface area contributed by atoms with E-state index in [1.807, 2.05) is 43.5 Å². The third-order valence-electron chi connectivity index (χ3n) is 4.11. The number of ether oxygens (including phenoxy) is 1. The van der Waals surface area contributed by atoms with E-state index in [1.165, 1.54) is 18.3 Å². The number of aromatic nitrogens is 1. The lowest BCUT2D eigenvalue weighted by Crippen LogP contribution is -2.23. The molecule has 0 aliphatic heterocycles. The zero-order valence-electron chi connectivity index (χ0n) is 15.7. The van der Waals surface area contributed by atoms with E-state index in [0.717, 1.165) is 27.6 Å². The van der Waals surface area contributed by atoms with Crippen LogP contribution in [0.15, 0.2) is 46.3 Å². The van der Waals surface area contributed by atoms with Crippen molar-refractivity contribution in [2.45, 2.75) is 27.4 Å². The summed E-state index contributed by atoms with van der Waals surface area (Å²) < 4.78 is 6.57. The van der Waals surface area contributed by atoms with Crippen molar-refractivity contribution in [3.8, 4) is 5.75 Å². The highest BCUT2D eigenvalue weighted by molar-refractivity contribution is 9.10. The van der Waals surface area contributed by atoms with Gasteiger partial charge >= 0.3 is 0 Å². The Morgan fingerprint density at radius 2 is 2.04 bits per heavy atom. The summed E-state index contributed by atoms with van der Waals surface area (Å²) in [5.74, 6) is 0.385. The fraction of sp³-hybridized carbons (Fsp3) is 0.190. The lowest BCUT2D eigenvalue weighted by Gasteiger charge is -2.20. The third-order valence-corrected chi connectivity index (χ3v) is 5.48. The van der Waals surface area contributed by atoms with Crippen molar-refractivity contribution >= 4 is 50.3 Å². The molecule has 0 unspecified atom stereocenters. The summed E-state index contributed by atoms with van der Waals surface area (Å²) in [6, 6.07) is 11.2. The number of thiazole rings is 1. The van der Waals surface area contributed by atoms with E-state index in [4.69, 9.17) is 4.74 Å². The van der Waals surface area contributed by atoms with Crippen LogP contribution >= 0.6 is 27.3 Å². The van der Waals surface area contributed by atoms with Crippen molar-refractivity contribution in [1.82, 2.24) is 4.98 Å². The fourth-order valence-electron chi connectivity index (χ4n) is 2.82. The first-order valence-corrected chi connectivity index (χ1v) is 10.3. The molecule has 0 N–H and O–H groups in total. The predicted molar refractivity (Wildman–Crippen MR) is 115 cm³/mol. The van der Waals surface area contributed by atoms with Gasteiger partial charge in [-0.25, -0.2) is 4.98 Å². The highest BCUT2D eigenvalue weighted by Crippen LogP contribution is 2.32. The lowest BCUT2D eigenvalue weighted by molar-refractivity contribution is -0.115. The quantitative estimate of drug-likeness (QED) is 0.451. The van der Waals surface area contributed by atoms with Crippen LogP contribution in [0.25, 0.3) is 0 Å². The molecule has 7 heteroatoms. The Balaban J connectivity index is 1.82. The van der Waals surface area contributed by atoms with Gasteiger partial charge in [0.15, 0.2) is 11.4 Å². The Morgan fingerprint density at radius 1 is 1.25 bits per heavy atom. The Kier molecular flexibility index (Phi) is 6.26. The Labute approximate surface area is 176 Å². The molecule has 0 aliphatic carbocycles. The van der Waals surface area contributed by atoms with E-state index < -0.39 is 0 Å². The van der Waals surface area contributed by atoms with Gasteiger partial charge in [0.1, 0.15) is 12.4 Å². The molecule has 0 radical (unpaired) electrons. The Hall–Kier alpha value is -2.51. The molecule has 1 aromatic heterocycles. The van der Waals surface area contributed by atoms with Gasteiger partial charge in [-0.3, -0.25) is 14.5 Å². The van der Waals surface area contributed by atoms with Crippen molar-refractivity contribution in [3.05, 3.63) is 68.6 Å². The molecule has 0 saturated carbocycles. The first-order chi connectivity index (χ1) is 13.4. The molecular formula is C21H19BrN2O3S. The van der Waals surface area contributed by atoms with Crippen LogP contribution in [-0.4, -0.2) is 17.2 Å². The standard InChI is InChI=1S/C21H19BrN2O3S/c1-13-4-6-19(14(2)8-13)24(15(3)26)21-23-18(12-28-21)11-27-20-7-5-17(22)9-16(20)10-25/h4-10,12H,11H2,1-3H3. The molecule has 3 rings (SSSR count). The summed E-state index contributed by atoms with van der Waals surface area (Å²) >= 11 is 4.71. The van der Waals surface area contributed by atoms with E-state index in [9.17, 15) is 9.59 Å². The number of amides is 1. The van der Waals surface area contributed by atoms with Crippen molar-refractivity contribution < 1.29 is 14.3 Å². The number of anilines is 2. The molecule has 3 aromatic rings. The maximum atomic E-state index is 12.3.